The lowest BCUT2D eigenvalue weighted by molar-refractivity contribution is -0.186. The first-order valence-corrected chi connectivity index (χ1v) is 27.2. The molecular weight excluding hydrogens is 1000 g/mol. The molecule has 1 aliphatic heterocycles. The van der Waals surface area contributed by atoms with Crippen molar-refractivity contribution >= 4 is 118 Å². The lowest BCUT2D eigenvalue weighted by Gasteiger charge is -2.22. The van der Waals surface area contributed by atoms with E-state index < -0.39 is 24.1 Å². The molecule has 0 aliphatic carbocycles. The Hall–Kier alpha value is -6.57. The summed E-state index contributed by atoms with van der Waals surface area (Å²) >= 11 is 4.38. The van der Waals surface area contributed by atoms with Crippen molar-refractivity contribution in [1.29, 1.82) is 0 Å². The van der Waals surface area contributed by atoms with Crippen molar-refractivity contribution < 1.29 is 34.3 Å². The number of aromatic nitrogens is 12. The molecular formula is C50H58N14O7S3. The van der Waals surface area contributed by atoms with Crippen LogP contribution in [0, 0.1) is 0 Å². The SMILES string of the molecule is CSc1ncc2ccc3c(C(=O)NO)nn(C(C)(C)C)c3c2n1.CSc1ncc2ccc3c(C(=O)NOC4CCCCO4)nn(C(C)(C)C)c3c2n1.CSc1ncc2ccc3c(C(=O)O)nn(C(C)(C)C)c3c2n1. The molecule has 0 spiro atoms. The van der Waals surface area contributed by atoms with E-state index in [9.17, 15) is 19.5 Å². The standard InChI is InChI=1S/C20H25N5O3S.C15H17N5O2S.C15H16N4O2S/c1-20(2,3)25-17-13(9-8-12-11-21-19(29-4)22-15(12)17)16(23-25)18(26)24-28-14-7-5-6-10-27-14;1-15(2,3)20-12-9(11(18-20)13(21)19-22)6-5-8-7-16-14(23-4)17-10(8)12;1-15(2,3)19-12-9(11(18-19)13(20)21)6-5-8-7-16-14(22-4)17-10(8)12/h8-9,11,14H,5-7,10H2,1-4H3,(H,24,26);5-7,22H,1-4H3,(H,19,21);5-7H,1-4H3,(H,20,21). The van der Waals surface area contributed by atoms with Crippen LogP contribution in [0.3, 0.4) is 0 Å². The Kier molecular flexibility index (Phi) is 15.5. The van der Waals surface area contributed by atoms with E-state index >= 15 is 0 Å². The second kappa shape index (κ2) is 21.3. The van der Waals surface area contributed by atoms with E-state index in [1.807, 2.05) is 110 Å². The van der Waals surface area contributed by atoms with Gasteiger partial charge in [-0.3, -0.25) is 28.8 Å². The van der Waals surface area contributed by atoms with Crippen LogP contribution in [-0.2, 0) is 26.2 Å². The lowest BCUT2D eigenvalue weighted by atomic mass is 10.1. The molecule has 2 amide bonds. The van der Waals surface area contributed by atoms with E-state index in [0.29, 0.717) is 38.5 Å². The van der Waals surface area contributed by atoms with Gasteiger partial charge < -0.3 is 9.84 Å². The molecule has 74 heavy (non-hydrogen) atoms. The lowest BCUT2D eigenvalue weighted by Crippen LogP contribution is -2.33. The Morgan fingerprint density at radius 2 is 0.973 bits per heavy atom. The van der Waals surface area contributed by atoms with Crippen LogP contribution in [-0.4, -0.2) is 119 Å². The van der Waals surface area contributed by atoms with Crippen molar-refractivity contribution in [3.63, 3.8) is 0 Å². The Bertz CT molecular complexity index is 3610. The summed E-state index contributed by atoms with van der Waals surface area (Å²) < 4.78 is 10.9. The number of thioether (sulfide) groups is 3. The summed E-state index contributed by atoms with van der Waals surface area (Å²) in [5.41, 5.74) is 8.19. The number of aromatic carboxylic acids is 1. The van der Waals surface area contributed by atoms with Gasteiger partial charge in [0.1, 0.15) is 16.6 Å². The fourth-order valence-corrected chi connectivity index (χ4v) is 9.32. The number of rotatable bonds is 8. The van der Waals surface area contributed by atoms with Crippen LogP contribution in [0.5, 0.6) is 0 Å². The number of carbonyl (C=O) groups excluding carboxylic acids is 2. The zero-order valence-corrected chi connectivity index (χ0v) is 45.6. The summed E-state index contributed by atoms with van der Waals surface area (Å²) in [6.45, 7) is 18.7. The molecule has 4 N–H and O–H groups in total. The third-order valence-corrected chi connectivity index (χ3v) is 13.4. The van der Waals surface area contributed by atoms with Gasteiger partial charge in [0.25, 0.3) is 11.8 Å². The van der Waals surface area contributed by atoms with Crippen molar-refractivity contribution in [1.82, 2.24) is 70.2 Å². The van der Waals surface area contributed by atoms with Crippen LogP contribution in [0.1, 0.15) is 113 Å². The van der Waals surface area contributed by atoms with Crippen LogP contribution in [0.25, 0.3) is 65.4 Å². The van der Waals surface area contributed by atoms with Crippen LogP contribution in [0.4, 0.5) is 0 Å². The number of hydroxylamine groups is 2. The first-order chi connectivity index (χ1) is 35.1. The van der Waals surface area contributed by atoms with Crippen molar-refractivity contribution in [3.8, 4) is 0 Å². The summed E-state index contributed by atoms with van der Waals surface area (Å²) in [5, 5.41) is 38.4. The molecule has 0 radical (unpaired) electrons. The number of carboxylic acids is 1. The molecule has 21 nitrogen and oxygen atoms in total. The van der Waals surface area contributed by atoms with Gasteiger partial charge in [0.05, 0.1) is 33.2 Å². The molecule has 1 saturated heterocycles. The highest BCUT2D eigenvalue weighted by Crippen LogP contribution is 2.34. The van der Waals surface area contributed by atoms with Gasteiger partial charge in [-0.2, -0.15) is 15.3 Å². The first kappa shape index (κ1) is 53.7. The van der Waals surface area contributed by atoms with Crippen LogP contribution >= 0.6 is 35.3 Å². The number of hydrogen-bond donors (Lipinski definition) is 4. The normalized spacial score (nSPS) is 14.3. The molecule has 7 heterocycles. The first-order valence-electron chi connectivity index (χ1n) is 23.5. The highest BCUT2D eigenvalue weighted by Gasteiger charge is 2.29. The van der Waals surface area contributed by atoms with E-state index in [4.69, 9.17) is 19.8 Å². The Morgan fingerprint density at radius 3 is 1.31 bits per heavy atom. The molecule has 6 aromatic heterocycles. The predicted molar refractivity (Wildman–Crippen MR) is 287 cm³/mol. The molecule has 1 aliphatic rings. The fourth-order valence-electron chi connectivity index (χ4n) is 8.30. The van der Waals surface area contributed by atoms with Gasteiger partial charge in [-0.15, -0.1) is 0 Å². The minimum absolute atomic E-state index is 0.0520. The van der Waals surface area contributed by atoms with Gasteiger partial charge >= 0.3 is 5.97 Å². The number of nitrogens with one attached hydrogen (secondary N) is 2. The maximum absolute atomic E-state index is 12.9. The summed E-state index contributed by atoms with van der Waals surface area (Å²) in [7, 11) is 0. The third kappa shape index (κ3) is 10.8. The van der Waals surface area contributed by atoms with Crippen molar-refractivity contribution in [2.75, 3.05) is 25.4 Å². The zero-order valence-electron chi connectivity index (χ0n) is 43.1. The highest BCUT2D eigenvalue weighted by molar-refractivity contribution is 7.98. The zero-order chi connectivity index (χ0) is 53.4. The van der Waals surface area contributed by atoms with E-state index in [1.54, 1.807) is 45.6 Å². The van der Waals surface area contributed by atoms with Crippen LogP contribution in [0.2, 0.25) is 0 Å². The van der Waals surface area contributed by atoms with Crippen molar-refractivity contribution in [3.05, 3.63) is 72.1 Å². The van der Waals surface area contributed by atoms with E-state index in [0.717, 1.165) is 73.9 Å². The number of hydrogen-bond acceptors (Lipinski definition) is 18. The van der Waals surface area contributed by atoms with Crippen LogP contribution in [0.15, 0.2) is 70.5 Å². The fraction of sp³-hybridized carbons (Fsp3) is 0.400. The number of amides is 2. The maximum Gasteiger partial charge on any atom is 0.357 e. The van der Waals surface area contributed by atoms with Gasteiger partial charge in [0, 0.05) is 63.9 Å². The van der Waals surface area contributed by atoms with Crippen molar-refractivity contribution in [2.24, 2.45) is 0 Å². The van der Waals surface area contributed by atoms with Crippen molar-refractivity contribution in [2.45, 2.75) is 120 Å². The molecule has 24 heteroatoms. The topological polar surface area (TPSA) is 265 Å². The third-order valence-electron chi connectivity index (χ3n) is 11.7. The predicted octanol–water partition coefficient (Wildman–Crippen LogP) is 9.37. The second-order valence-corrected chi connectivity index (χ2v) is 22.5. The Labute approximate surface area is 438 Å². The number of fused-ring (bicyclic) bond motifs is 9. The number of carbonyl (C=O) groups is 3. The van der Waals surface area contributed by atoms with Gasteiger partial charge in [-0.1, -0.05) is 53.5 Å². The van der Waals surface area contributed by atoms with E-state index in [-0.39, 0.29) is 28.0 Å². The summed E-state index contributed by atoms with van der Waals surface area (Å²) in [6, 6.07) is 11.1. The average molecular weight is 1060 g/mol. The van der Waals surface area contributed by atoms with E-state index in [2.05, 4.69) is 45.7 Å². The number of benzene rings is 3. The number of nitrogens with zero attached hydrogens (tertiary/aromatic N) is 12. The number of ether oxygens (including phenoxy) is 1. The molecule has 10 rings (SSSR count). The molecule has 1 unspecified atom stereocenters. The smallest absolute Gasteiger partial charge is 0.357 e. The van der Waals surface area contributed by atoms with E-state index in [1.165, 1.54) is 35.3 Å². The molecule has 3 aromatic carbocycles. The summed E-state index contributed by atoms with van der Waals surface area (Å²) in [5.74, 6) is -2.08. The molecule has 1 fully saturated rings. The molecule has 9 aromatic rings. The maximum atomic E-state index is 12.9. The molecule has 0 bridgehead atoms. The van der Waals surface area contributed by atoms with Gasteiger partial charge in [-0.05, 0) is 112 Å². The Balaban J connectivity index is 0.000000150. The quantitative estimate of drug-likeness (QED) is 0.0478. The Morgan fingerprint density at radius 1 is 0.595 bits per heavy atom. The van der Waals surface area contributed by atoms with Gasteiger partial charge in [0.15, 0.2) is 38.8 Å². The minimum Gasteiger partial charge on any atom is -0.476 e. The second-order valence-electron chi connectivity index (χ2n) is 20.2. The summed E-state index contributed by atoms with van der Waals surface area (Å²) in [4.78, 5) is 68.6. The molecule has 0 saturated carbocycles. The van der Waals surface area contributed by atoms with Gasteiger partial charge in [-0.25, -0.2) is 50.5 Å². The highest BCUT2D eigenvalue weighted by atomic mass is 32.2. The van der Waals surface area contributed by atoms with Crippen LogP contribution < -0.4 is 11.0 Å². The molecule has 388 valence electrons. The number of carboxylic acid groups (broad SMARTS) is 1. The average Bonchev–Trinajstić information content (AvgIpc) is 4.12. The minimum atomic E-state index is -1.04. The summed E-state index contributed by atoms with van der Waals surface area (Å²) in [6.07, 6.45) is 13.5. The van der Waals surface area contributed by atoms with Gasteiger partial charge in [0.2, 0.25) is 0 Å². The molecule has 1 atom stereocenters. The monoisotopic (exact) mass is 1060 g/mol. The largest absolute Gasteiger partial charge is 0.476 e.